The van der Waals surface area contributed by atoms with E-state index in [9.17, 15) is 4.79 Å². The van der Waals surface area contributed by atoms with Gasteiger partial charge in [-0.15, -0.1) is 0 Å². The van der Waals surface area contributed by atoms with Crippen LogP contribution >= 0.6 is 11.8 Å². The van der Waals surface area contributed by atoms with Gasteiger partial charge >= 0.3 is 0 Å². The molecule has 4 aromatic rings. The molecule has 180 valence electrons. The van der Waals surface area contributed by atoms with Crippen molar-refractivity contribution in [2.45, 2.75) is 31.3 Å². The molecule has 0 aliphatic carbocycles. The number of hydrogen-bond acceptors (Lipinski definition) is 6. The molecular formula is C28H30N4O2S. The number of thioether (sulfide) groups is 1. The van der Waals surface area contributed by atoms with Crippen molar-refractivity contribution >= 4 is 23.5 Å². The van der Waals surface area contributed by atoms with E-state index in [0.717, 1.165) is 35.7 Å². The lowest BCUT2D eigenvalue weighted by molar-refractivity contribution is 0.0752. The zero-order valence-corrected chi connectivity index (χ0v) is 21.2. The van der Waals surface area contributed by atoms with Crippen molar-refractivity contribution in [1.82, 2.24) is 14.9 Å². The molecule has 0 N–H and O–H groups in total. The van der Waals surface area contributed by atoms with E-state index in [-0.39, 0.29) is 5.91 Å². The molecule has 2 aromatic heterocycles. The highest BCUT2D eigenvalue weighted by molar-refractivity contribution is 7.98. The summed E-state index contributed by atoms with van der Waals surface area (Å²) in [6, 6.07) is 25.7. The number of furan rings is 1. The number of carbonyl (C=O) groups is 1. The minimum Gasteiger partial charge on any atom is -0.455 e. The highest BCUT2D eigenvalue weighted by atomic mass is 32.2. The molecule has 0 unspecified atom stereocenters. The lowest BCUT2D eigenvalue weighted by atomic mass is 10.1. The number of amides is 1. The van der Waals surface area contributed by atoms with Gasteiger partial charge in [-0.3, -0.25) is 4.79 Å². The Balaban J connectivity index is 1.47. The summed E-state index contributed by atoms with van der Waals surface area (Å²) in [6.07, 6.45) is 0. The Bertz CT molecular complexity index is 1240. The zero-order valence-electron chi connectivity index (χ0n) is 20.3. The second kappa shape index (κ2) is 11.7. The second-order valence-electron chi connectivity index (χ2n) is 8.13. The van der Waals surface area contributed by atoms with Crippen LogP contribution in [0.1, 0.15) is 35.7 Å². The first-order valence-corrected chi connectivity index (χ1v) is 12.8. The molecule has 6 nitrogen and oxygen atoms in total. The number of anilines is 1. The van der Waals surface area contributed by atoms with Crippen molar-refractivity contribution in [2.24, 2.45) is 0 Å². The SMILES string of the molecule is CCN(CC)c1cc(-c2ccccc2)nc(SCc2ccc(C(=O)N(C)Cc3ccccc3)o2)n1. The van der Waals surface area contributed by atoms with Gasteiger partial charge in [0.2, 0.25) is 0 Å². The molecule has 0 radical (unpaired) electrons. The molecule has 0 atom stereocenters. The quantitative estimate of drug-likeness (QED) is 0.198. The Morgan fingerprint density at radius 2 is 1.60 bits per heavy atom. The molecule has 7 heteroatoms. The Hall–Kier alpha value is -3.58. The van der Waals surface area contributed by atoms with Crippen LogP contribution in [0.3, 0.4) is 0 Å². The maximum atomic E-state index is 12.8. The number of rotatable bonds is 10. The van der Waals surface area contributed by atoms with E-state index in [4.69, 9.17) is 14.4 Å². The first kappa shape index (κ1) is 24.5. The van der Waals surface area contributed by atoms with Gasteiger partial charge in [0.25, 0.3) is 5.91 Å². The van der Waals surface area contributed by atoms with Crippen molar-refractivity contribution in [3.63, 3.8) is 0 Å². The Labute approximate surface area is 211 Å². The molecule has 0 aliphatic rings. The van der Waals surface area contributed by atoms with E-state index >= 15 is 0 Å². The highest BCUT2D eigenvalue weighted by Crippen LogP contribution is 2.28. The van der Waals surface area contributed by atoms with Gasteiger partial charge < -0.3 is 14.2 Å². The van der Waals surface area contributed by atoms with Gasteiger partial charge in [-0.1, -0.05) is 72.4 Å². The van der Waals surface area contributed by atoms with Crippen LogP contribution in [0.2, 0.25) is 0 Å². The summed E-state index contributed by atoms with van der Waals surface area (Å²) in [7, 11) is 1.78. The van der Waals surface area contributed by atoms with Gasteiger partial charge in [0.05, 0.1) is 11.4 Å². The van der Waals surface area contributed by atoms with Gasteiger partial charge in [-0.25, -0.2) is 9.97 Å². The Morgan fingerprint density at radius 1 is 0.914 bits per heavy atom. The molecule has 2 aromatic carbocycles. The fraction of sp³-hybridized carbons (Fsp3) is 0.250. The monoisotopic (exact) mass is 486 g/mol. The van der Waals surface area contributed by atoms with Gasteiger partial charge in [-0.05, 0) is 31.5 Å². The lowest BCUT2D eigenvalue weighted by Crippen LogP contribution is -2.25. The predicted molar refractivity (Wildman–Crippen MR) is 142 cm³/mol. The van der Waals surface area contributed by atoms with Crippen molar-refractivity contribution < 1.29 is 9.21 Å². The van der Waals surface area contributed by atoms with Crippen LogP contribution in [0.5, 0.6) is 0 Å². The minimum absolute atomic E-state index is 0.142. The average Bonchev–Trinajstić information content (AvgIpc) is 3.38. The molecule has 0 bridgehead atoms. The van der Waals surface area contributed by atoms with E-state index < -0.39 is 0 Å². The molecular weight excluding hydrogens is 456 g/mol. The third-order valence-electron chi connectivity index (χ3n) is 5.67. The molecule has 35 heavy (non-hydrogen) atoms. The highest BCUT2D eigenvalue weighted by Gasteiger charge is 2.17. The normalized spacial score (nSPS) is 10.8. The summed E-state index contributed by atoms with van der Waals surface area (Å²) in [5, 5.41) is 0.679. The summed E-state index contributed by atoms with van der Waals surface area (Å²) in [5.74, 6) is 2.35. The van der Waals surface area contributed by atoms with Crippen LogP contribution in [-0.4, -0.2) is 40.9 Å². The number of nitrogens with zero attached hydrogens (tertiary/aromatic N) is 4. The number of carbonyl (C=O) groups excluding carboxylic acids is 1. The van der Waals surface area contributed by atoms with Crippen LogP contribution in [0.25, 0.3) is 11.3 Å². The summed E-state index contributed by atoms with van der Waals surface area (Å²) in [6.45, 7) is 6.50. The fourth-order valence-corrected chi connectivity index (χ4v) is 4.51. The third-order valence-corrected chi connectivity index (χ3v) is 6.54. The first-order valence-electron chi connectivity index (χ1n) is 11.8. The molecule has 2 heterocycles. The largest absolute Gasteiger partial charge is 0.455 e. The summed E-state index contributed by atoms with van der Waals surface area (Å²) >= 11 is 1.50. The average molecular weight is 487 g/mol. The van der Waals surface area contributed by atoms with Crippen LogP contribution in [0.4, 0.5) is 5.82 Å². The number of aromatic nitrogens is 2. The number of benzene rings is 2. The Morgan fingerprint density at radius 3 is 2.29 bits per heavy atom. The van der Waals surface area contributed by atoms with Crippen molar-refractivity contribution in [3.8, 4) is 11.3 Å². The second-order valence-corrected chi connectivity index (χ2v) is 9.08. The van der Waals surface area contributed by atoms with Gasteiger partial charge in [0, 0.05) is 38.3 Å². The molecule has 0 fully saturated rings. The lowest BCUT2D eigenvalue weighted by Gasteiger charge is -2.21. The molecule has 0 saturated carbocycles. The van der Waals surface area contributed by atoms with Crippen LogP contribution in [-0.2, 0) is 12.3 Å². The van der Waals surface area contributed by atoms with Crippen LogP contribution in [0.15, 0.2) is 88.4 Å². The standard InChI is InChI=1S/C28H30N4O2S/c1-4-32(5-2)26-18-24(22-14-10-7-11-15-22)29-28(30-26)35-20-23-16-17-25(34-23)27(33)31(3)19-21-12-8-6-9-13-21/h6-18H,4-5,19-20H2,1-3H3. The maximum Gasteiger partial charge on any atom is 0.289 e. The van der Waals surface area contributed by atoms with Crippen LogP contribution in [0, 0.1) is 0 Å². The Kier molecular flexibility index (Phi) is 8.21. The van der Waals surface area contributed by atoms with E-state index in [1.165, 1.54) is 11.8 Å². The van der Waals surface area contributed by atoms with E-state index in [2.05, 4.69) is 30.9 Å². The summed E-state index contributed by atoms with van der Waals surface area (Å²) < 4.78 is 5.88. The molecule has 0 spiro atoms. The van der Waals surface area contributed by atoms with E-state index in [1.54, 1.807) is 18.0 Å². The smallest absolute Gasteiger partial charge is 0.289 e. The number of hydrogen-bond donors (Lipinski definition) is 0. The van der Waals surface area contributed by atoms with Crippen molar-refractivity contribution in [1.29, 1.82) is 0 Å². The molecule has 1 amide bonds. The van der Waals surface area contributed by atoms with Gasteiger partial charge in [-0.2, -0.15) is 0 Å². The first-order chi connectivity index (χ1) is 17.1. The minimum atomic E-state index is -0.142. The van der Waals surface area contributed by atoms with Crippen LogP contribution < -0.4 is 4.90 Å². The third kappa shape index (κ3) is 6.31. The molecule has 4 rings (SSSR count). The molecule has 0 saturated heterocycles. The predicted octanol–water partition coefficient (Wildman–Crippen LogP) is 6.15. The van der Waals surface area contributed by atoms with Gasteiger partial charge in [0.1, 0.15) is 11.6 Å². The van der Waals surface area contributed by atoms with Crippen molar-refractivity contribution in [3.05, 3.63) is 95.9 Å². The fourth-order valence-electron chi connectivity index (χ4n) is 3.77. The van der Waals surface area contributed by atoms with Gasteiger partial charge in [0.15, 0.2) is 10.9 Å². The summed E-state index contributed by atoms with van der Waals surface area (Å²) in [5.41, 5.74) is 3.02. The van der Waals surface area contributed by atoms with E-state index in [1.807, 2.05) is 60.7 Å². The summed E-state index contributed by atoms with van der Waals surface area (Å²) in [4.78, 5) is 26.3. The van der Waals surface area contributed by atoms with E-state index in [0.29, 0.717) is 29.0 Å². The molecule has 0 aliphatic heterocycles. The topological polar surface area (TPSA) is 62.5 Å². The maximum absolute atomic E-state index is 12.8. The zero-order chi connectivity index (χ0) is 24.6. The van der Waals surface area contributed by atoms with Crippen molar-refractivity contribution in [2.75, 3.05) is 25.0 Å².